The predicted octanol–water partition coefficient (Wildman–Crippen LogP) is 4.29. The minimum atomic E-state index is -0.221. The first-order valence-corrected chi connectivity index (χ1v) is 8.58. The van der Waals surface area contributed by atoms with E-state index in [1.54, 1.807) is 33.5 Å². The van der Waals surface area contributed by atoms with Crippen LogP contribution in [0.2, 0.25) is 0 Å². The Morgan fingerprint density at radius 3 is 2.08 bits per heavy atom. The molecule has 0 saturated carbocycles. The third kappa shape index (κ3) is 3.27. The molecule has 3 aromatic rings. The van der Waals surface area contributed by atoms with Crippen LogP contribution in [0.15, 0.2) is 45.4 Å². The Morgan fingerprint density at radius 2 is 1.58 bits per heavy atom. The van der Waals surface area contributed by atoms with Gasteiger partial charge in [0.2, 0.25) is 5.75 Å². The van der Waals surface area contributed by atoms with Crippen molar-refractivity contribution in [3.05, 3.63) is 46.4 Å². The molecular weight excluding hydrogens is 402 g/mol. The van der Waals surface area contributed by atoms with Gasteiger partial charge < -0.3 is 23.8 Å². The standard InChI is InChI=1S/C19H18BrNO5/c1-23-15-8-12(9-16(24-2)19(15)25-3)18-14(10-22)17(21-26-18)11-4-6-13(20)7-5-11/h4-9,22H,10H2,1-3H3. The third-order valence-corrected chi connectivity index (χ3v) is 4.52. The van der Waals surface area contributed by atoms with Crippen molar-refractivity contribution in [2.75, 3.05) is 21.3 Å². The summed E-state index contributed by atoms with van der Waals surface area (Å²) in [6.45, 7) is -0.221. The van der Waals surface area contributed by atoms with Gasteiger partial charge in [-0.15, -0.1) is 0 Å². The lowest BCUT2D eigenvalue weighted by atomic mass is 10.0. The lowest BCUT2D eigenvalue weighted by Crippen LogP contribution is -1.96. The van der Waals surface area contributed by atoms with Crippen LogP contribution in [0, 0.1) is 0 Å². The molecule has 1 aromatic heterocycles. The van der Waals surface area contributed by atoms with Gasteiger partial charge in [0.15, 0.2) is 17.3 Å². The molecule has 2 aromatic carbocycles. The molecule has 1 N–H and O–H groups in total. The van der Waals surface area contributed by atoms with Gasteiger partial charge in [-0.25, -0.2) is 0 Å². The molecule has 0 aliphatic rings. The molecule has 0 aliphatic carbocycles. The highest BCUT2D eigenvalue weighted by Gasteiger charge is 2.22. The van der Waals surface area contributed by atoms with E-state index in [0.717, 1.165) is 10.0 Å². The summed E-state index contributed by atoms with van der Waals surface area (Å²) in [5, 5.41) is 14.1. The van der Waals surface area contributed by atoms with Crippen LogP contribution in [0.5, 0.6) is 17.2 Å². The van der Waals surface area contributed by atoms with Crippen LogP contribution in [-0.4, -0.2) is 31.6 Å². The molecule has 26 heavy (non-hydrogen) atoms. The molecule has 0 bridgehead atoms. The number of hydrogen-bond acceptors (Lipinski definition) is 6. The highest BCUT2D eigenvalue weighted by Crippen LogP contribution is 2.43. The Morgan fingerprint density at radius 1 is 0.962 bits per heavy atom. The van der Waals surface area contributed by atoms with Crippen LogP contribution in [-0.2, 0) is 6.61 Å². The molecule has 7 heteroatoms. The molecule has 0 amide bonds. The maximum Gasteiger partial charge on any atom is 0.203 e. The van der Waals surface area contributed by atoms with Crippen LogP contribution in [0.1, 0.15) is 5.56 Å². The zero-order valence-corrected chi connectivity index (χ0v) is 16.2. The Hall–Kier alpha value is -2.51. The fourth-order valence-corrected chi connectivity index (χ4v) is 2.99. The number of hydrogen-bond donors (Lipinski definition) is 1. The lowest BCUT2D eigenvalue weighted by Gasteiger charge is -2.13. The number of nitrogens with zero attached hydrogens (tertiary/aromatic N) is 1. The Balaban J connectivity index is 2.14. The van der Waals surface area contributed by atoms with Gasteiger partial charge in [-0.1, -0.05) is 33.2 Å². The highest BCUT2D eigenvalue weighted by atomic mass is 79.9. The average Bonchev–Trinajstić information content (AvgIpc) is 3.11. The van der Waals surface area contributed by atoms with Gasteiger partial charge in [0, 0.05) is 15.6 Å². The van der Waals surface area contributed by atoms with Crippen LogP contribution >= 0.6 is 15.9 Å². The summed E-state index contributed by atoms with van der Waals surface area (Å²) in [7, 11) is 4.63. The molecule has 0 aliphatic heterocycles. The Kier molecular flexibility index (Phi) is 5.49. The Bertz CT molecular complexity index is 880. The lowest BCUT2D eigenvalue weighted by molar-refractivity contribution is 0.281. The van der Waals surface area contributed by atoms with Crippen LogP contribution in [0.3, 0.4) is 0 Å². The zero-order chi connectivity index (χ0) is 18.7. The molecule has 6 nitrogen and oxygen atoms in total. The van der Waals surface area contributed by atoms with Crippen molar-refractivity contribution in [2.45, 2.75) is 6.61 Å². The van der Waals surface area contributed by atoms with Gasteiger partial charge in [0.05, 0.1) is 33.5 Å². The molecule has 136 valence electrons. The SMILES string of the molecule is COc1cc(-c2onc(-c3ccc(Br)cc3)c2CO)cc(OC)c1OC. The second-order valence-corrected chi connectivity index (χ2v) is 6.33. The Labute approximate surface area is 159 Å². The van der Waals surface area contributed by atoms with Crippen molar-refractivity contribution in [1.29, 1.82) is 0 Å². The average molecular weight is 420 g/mol. The zero-order valence-electron chi connectivity index (χ0n) is 14.6. The minimum Gasteiger partial charge on any atom is -0.493 e. The monoisotopic (exact) mass is 419 g/mol. The third-order valence-electron chi connectivity index (χ3n) is 3.99. The summed E-state index contributed by atoms with van der Waals surface area (Å²) in [4.78, 5) is 0. The molecule has 0 saturated heterocycles. The van der Waals surface area contributed by atoms with Crippen molar-refractivity contribution >= 4 is 15.9 Å². The number of halogens is 1. The van der Waals surface area contributed by atoms with E-state index in [-0.39, 0.29) is 6.61 Å². The van der Waals surface area contributed by atoms with E-state index in [1.807, 2.05) is 24.3 Å². The fourth-order valence-electron chi connectivity index (χ4n) is 2.73. The van der Waals surface area contributed by atoms with Crippen molar-refractivity contribution in [2.24, 2.45) is 0 Å². The van der Waals surface area contributed by atoms with Crippen molar-refractivity contribution in [3.63, 3.8) is 0 Å². The van der Waals surface area contributed by atoms with Crippen molar-refractivity contribution in [1.82, 2.24) is 5.16 Å². The van der Waals surface area contributed by atoms with E-state index in [0.29, 0.717) is 39.8 Å². The summed E-state index contributed by atoms with van der Waals surface area (Å²) in [5.74, 6) is 1.92. The number of methoxy groups -OCH3 is 3. The minimum absolute atomic E-state index is 0.221. The summed E-state index contributed by atoms with van der Waals surface area (Å²) >= 11 is 3.41. The van der Waals surface area contributed by atoms with Crippen LogP contribution < -0.4 is 14.2 Å². The second kappa shape index (κ2) is 7.80. The van der Waals surface area contributed by atoms with E-state index in [9.17, 15) is 5.11 Å². The van der Waals surface area contributed by atoms with E-state index in [1.165, 1.54) is 0 Å². The number of benzene rings is 2. The van der Waals surface area contributed by atoms with Gasteiger partial charge in [-0.05, 0) is 24.3 Å². The largest absolute Gasteiger partial charge is 0.493 e. The molecule has 0 unspecified atom stereocenters. The van der Waals surface area contributed by atoms with E-state index in [4.69, 9.17) is 18.7 Å². The summed E-state index contributed by atoms with van der Waals surface area (Å²) in [6.07, 6.45) is 0. The van der Waals surface area contributed by atoms with Gasteiger partial charge in [-0.3, -0.25) is 0 Å². The van der Waals surface area contributed by atoms with Gasteiger partial charge in [0.25, 0.3) is 0 Å². The fraction of sp³-hybridized carbons (Fsp3) is 0.211. The highest BCUT2D eigenvalue weighted by molar-refractivity contribution is 9.10. The number of aliphatic hydroxyl groups is 1. The molecule has 3 rings (SSSR count). The van der Waals surface area contributed by atoms with E-state index >= 15 is 0 Å². The number of ether oxygens (including phenoxy) is 3. The summed E-state index contributed by atoms with van der Waals surface area (Å²) < 4.78 is 22.6. The normalized spacial score (nSPS) is 10.7. The molecule has 1 heterocycles. The first-order valence-electron chi connectivity index (χ1n) is 7.78. The molecule has 0 spiro atoms. The maximum atomic E-state index is 9.92. The quantitative estimate of drug-likeness (QED) is 0.642. The first-order chi connectivity index (χ1) is 12.6. The smallest absolute Gasteiger partial charge is 0.203 e. The van der Waals surface area contributed by atoms with Gasteiger partial charge >= 0.3 is 0 Å². The van der Waals surface area contributed by atoms with E-state index in [2.05, 4.69) is 21.1 Å². The number of rotatable bonds is 6. The van der Waals surface area contributed by atoms with Crippen molar-refractivity contribution in [3.8, 4) is 39.8 Å². The molecular formula is C19H18BrNO5. The second-order valence-electron chi connectivity index (χ2n) is 5.42. The number of aromatic nitrogens is 1. The van der Waals surface area contributed by atoms with Crippen LogP contribution in [0.25, 0.3) is 22.6 Å². The van der Waals surface area contributed by atoms with Crippen LogP contribution in [0.4, 0.5) is 0 Å². The van der Waals surface area contributed by atoms with Gasteiger partial charge in [0.1, 0.15) is 5.69 Å². The maximum absolute atomic E-state index is 9.92. The summed E-state index contributed by atoms with van der Waals surface area (Å²) in [5.41, 5.74) is 2.68. The molecule has 0 atom stereocenters. The first kappa shape index (κ1) is 18.3. The summed E-state index contributed by atoms with van der Waals surface area (Å²) in [6, 6.07) is 11.1. The van der Waals surface area contributed by atoms with Crippen molar-refractivity contribution < 1.29 is 23.8 Å². The van der Waals surface area contributed by atoms with E-state index < -0.39 is 0 Å². The van der Waals surface area contributed by atoms with Gasteiger partial charge in [-0.2, -0.15) is 0 Å². The molecule has 0 radical (unpaired) electrons. The number of aliphatic hydroxyl groups excluding tert-OH is 1. The molecule has 0 fully saturated rings. The predicted molar refractivity (Wildman–Crippen MR) is 101 cm³/mol. The topological polar surface area (TPSA) is 74.0 Å².